The fourth-order valence-corrected chi connectivity index (χ4v) is 4.92. The maximum atomic E-state index is 12.7. The molecule has 1 aromatic rings. The summed E-state index contributed by atoms with van der Waals surface area (Å²) in [6, 6.07) is 7.56. The number of benzene rings is 1. The molecule has 9 heteroatoms. The average molecular weight is 508 g/mol. The first kappa shape index (κ1) is 22.4. The third-order valence-electron chi connectivity index (χ3n) is 4.91. The molecule has 2 aliphatic heterocycles. The third kappa shape index (κ3) is 6.30. The van der Waals surface area contributed by atoms with Gasteiger partial charge in [0.2, 0.25) is 10.0 Å². The van der Waals surface area contributed by atoms with Crippen molar-refractivity contribution in [3.63, 3.8) is 0 Å². The van der Waals surface area contributed by atoms with Crippen LogP contribution in [0.1, 0.15) is 30.4 Å². The lowest BCUT2D eigenvalue weighted by atomic mass is 10.1. The maximum Gasteiger partial charge on any atom is 0.218 e. The summed E-state index contributed by atoms with van der Waals surface area (Å²) < 4.78 is 32.2. The highest BCUT2D eigenvalue weighted by Crippen LogP contribution is 2.18. The minimum atomic E-state index is -3.35. The van der Waals surface area contributed by atoms with Crippen LogP contribution in [0.2, 0.25) is 0 Å². The molecule has 0 spiro atoms. The van der Waals surface area contributed by atoms with Crippen LogP contribution in [0.25, 0.3) is 0 Å². The van der Waals surface area contributed by atoms with Crippen molar-refractivity contribution in [1.82, 2.24) is 9.21 Å². The second-order valence-electron chi connectivity index (χ2n) is 6.76. The lowest BCUT2D eigenvalue weighted by molar-refractivity contribution is 0.0729. The third-order valence-corrected chi connectivity index (χ3v) is 6.74. The molecule has 2 aliphatic rings. The molecule has 152 valence electrons. The SMILES string of the molecule is I.NC(=NCc1ccccc1CS(=O)(=O)N1CCOCC1)N1CCCCC1. The predicted octanol–water partition coefficient (Wildman–Crippen LogP) is 1.77. The molecule has 0 aliphatic carbocycles. The number of guanidine groups is 1. The summed E-state index contributed by atoms with van der Waals surface area (Å²) in [5.74, 6) is 0.540. The first-order valence-electron chi connectivity index (χ1n) is 9.23. The number of morpholine rings is 1. The van der Waals surface area contributed by atoms with Gasteiger partial charge in [0.05, 0.1) is 25.5 Å². The van der Waals surface area contributed by atoms with Gasteiger partial charge in [-0.15, -0.1) is 24.0 Å². The Labute approximate surface area is 179 Å². The van der Waals surface area contributed by atoms with E-state index >= 15 is 0 Å². The van der Waals surface area contributed by atoms with Crippen LogP contribution < -0.4 is 5.73 Å². The first-order chi connectivity index (χ1) is 12.6. The van der Waals surface area contributed by atoms with Crippen LogP contribution in [0.3, 0.4) is 0 Å². The van der Waals surface area contributed by atoms with Gasteiger partial charge in [0.1, 0.15) is 0 Å². The van der Waals surface area contributed by atoms with Crippen LogP contribution in [0.15, 0.2) is 29.3 Å². The number of likely N-dealkylation sites (tertiary alicyclic amines) is 1. The highest BCUT2D eigenvalue weighted by atomic mass is 127. The predicted molar refractivity (Wildman–Crippen MR) is 118 cm³/mol. The molecule has 27 heavy (non-hydrogen) atoms. The maximum absolute atomic E-state index is 12.7. The van der Waals surface area contributed by atoms with Gasteiger partial charge in [0, 0.05) is 26.2 Å². The Morgan fingerprint density at radius 3 is 2.33 bits per heavy atom. The topological polar surface area (TPSA) is 88.2 Å². The van der Waals surface area contributed by atoms with Crippen molar-refractivity contribution >= 4 is 40.0 Å². The van der Waals surface area contributed by atoms with Crippen molar-refractivity contribution in [2.75, 3.05) is 39.4 Å². The Morgan fingerprint density at radius 2 is 1.67 bits per heavy atom. The molecular weight excluding hydrogens is 479 g/mol. The molecule has 2 fully saturated rings. The van der Waals surface area contributed by atoms with Crippen molar-refractivity contribution in [3.05, 3.63) is 35.4 Å². The molecule has 0 atom stereocenters. The lowest BCUT2D eigenvalue weighted by Crippen LogP contribution is -2.41. The van der Waals surface area contributed by atoms with Crippen molar-refractivity contribution in [2.24, 2.45) is 10.7 Å². The van der Waals surface area contributed by atoms with Gasteiger partial charge in [0.15, 0.2) is 5.96 Å². The fraction of sp³-hybridized carbons (Fsp3) is 0.611. The van der Waals surface area contributed by atoms with E-state index in [9.17, 15) is 8.42 Å². The monoisotopic (exact) mass is 508 g/mol. The van der Waals surface area contributed by atoms with E-state index in [1.807, 2.05) is 24.3 Å². The van der Waals surface area contributed by atoms with Gasteiger partial charge in [-0.3, -0.25) is 0 Å². The van der Waals surface area contributed by atoms with Crippen LogP contribution in [-0.4, -0.2) is 63.0 Å². The molecule has 0 unspecified atom stereocenters. The standard InChI is InChI=1S/C18H28N4O3S.HI/c19-18(21-8-4-1-5-9-21)20-14-16-6-2-3-7-17(16)15-26(23,24)22-10-12-25-13-11-22;/h2-3,6-7H,1,4-5,8-15H2,(H2,19,20);1H. The number of piperidine rings is 1. The molecule has 1 aromatic carbocycles. The Balaban J connectivity index is 0.00000261. The van der Waals surface area contributed by atoms with Gasteiger partial charge >= 0.3 is 0 Å². The van der Waals surface area contributed by atoms with Gasteiger partial charge < -0.3 is 15.4 Å². The number of halogens is 1. The quantitative estimate of drug-likeness (QED) is 0.372. The van der Waals surface area contributed by atoms with Crippen LogP contribution in [0.4, 0.5) is 0 Å². The summed E-state index contributed by atoms with van der Waals surface area (Å²) in [5.41, 5.74) is 7.82. The molecule has 2 saturated heterocycles. The number of rotatable bonds is 5. The van der Waals surface area contributed by atoms with Crippen molar-refractivity contribution in [1.29, 1.82) is 0 Å². The van der Waals surface area contributed by atoms with Gasteiger partial charge in [-0.25, -0.2) is 13.4 Å². The van der Waals surface area contributed by atoms with Crippen LogP contribution in [-0.2, 0) is 27.1 Å². The summed E-state index contributed by atoms with van der Waals surface area (Å²) in [6.07, 6.45) is 3.53. The highest BCUT2D eigenvalue weighted by molar-refractivity contribution is 14.0. The largest absolute Gasteiger partial charge is 0.379 e. The van der Waals surface area contributed by atoms with Crippen molar-refractivity contribution < 1.29 is 13.2 Å². The Hall–Kier alpha value is -0.910. The average Bonchev–Trinajstić information content (AvgIpc) is 2.68. The minimum Gasteiger partial charge on any atom is -0.379 e. The summed E-state index contributed by atoms with van der Waals surface area (Å²) in [7, 11) is -3.35. The van der Waals surface area contributed by atoms with E-state index in [1.165, 1.54) is 10.7 Å². The molecule has 2 heterocycles. The zero-order valence-electron chi connectivity index (χ0n) is 15.5. The number of hydrogen-bond donors (Lipinski definition) is 1. The molecule has 0 bridgehead atoms. The molecule has 7 nitrogen and oxygen atoms in total. The minimum absolute atomic E-state index is 0. The number of aliphatic imine (C=N–C) groups is 1. The second-order valence-corrected chi connectivity index (χ2v) is 8.73. The van der Waals surface area contributed by atoms with Gasteiger partial charge in [-0.1, -0.05) is 24.3 Å². The summed E-state index contributed by atoms with van der Waals surface area (Å²) in [6.45, 7) is 4.05. The molecular formula is C18H29IN4O3S. The van der Waals surface area contributed by atoms with Crippen LogP contribution in [0, 0.1) is 0 Å². The zero-order valence-corrected chi connectivity index (χ0v) is 18.7. The number of hydrogen-bond acceptors (Lipinski definition) is 4. The molecule has 2 N–H and O–H groups in total. The van der Waals surface area contributed by atoms with Crippen molar-refractivity contribution in [2.45, 2.75) is 31.6 Å². The Bertz CT molecular complexity index is 730. The van der Waals surface area contributed by atoms with E-state index in [1.54, 1.807) is 0 Å². The molecule has 0 aromatic heterocycles. The van der Waals surface area contributed by atoms with Crippen LogP contribution >= 0.6 is 24.0 Å². The lowest BCUT2D eigenvalue weighted by Gasteiger charge is -2.27. The fourth-order valence-electron chi connectivity index (χ4n) is 3.35. The van der Waals surface area contributed by atoms with Gasteiger partial charge in [-0.05, 0) is 30.4 Å². The van der Waals surface area contributed by atoms with Gasteiger partial charge in [0.25, 0.3) is 0 Å². The van der Waals surface area contributed by atoms with Crippen molar-refractivity contribution in [3.8, 4) is 0 Å². The smallest absolute Gasteiger partial charge is 0.218 e. The van der Waals surface area contributed by atoms with E-state index in [0.29, 0.717) is 38.8 Å². The van der Waals surface area contributed by atoms with E-state index in [4.69, 9.17) is 10.5 Å². The Morgan fingerprint density at radius 1 is 1.04 bits per heavy atom. The van der Waals surface area contributed by atoms with E-state index in [2.05, 4.69) is 9.89 Å². The molecule has 3 rings (SSSR count). The summed E-state index contributed by atoms with van der Waals surface area (Å²) in [4.78, 5) is 6.62. The molecule has 0 amide bonds. The summed E-state index contributed by atoms with van der Waals surface area (Å²) >= 11 is 0. The summed E-state index contributed by atoms with van der Waals surface area (Å²) in [5, 5.41) is 0. The van der Waals surface area contributed by atoms with E-state index in [-0.39, 0.29) is 29.7 Å². The number of nitrogens with zero attached hydrogens (tertiary/aromatic N) is 3. The molecule has 0 saturated carbocycles. The second kappa shape index (κ2) is 10.6. The number of nitrogens with two attached hydrogens (primary N) is 1. The van der Waals surface area contributed by atoms with E-state index in [0.717, 1.165) is 37.1 Å². The highest BCUT2D eigenvalue weighted by Gasteiger charge is 2.25. The Kier molecular flexibility index (Phi) is 8.77. The number of sulfonamides is 1. The molecule has 0 radical (unpaired) electrons. The van der Waals surface area contributed by atoms with Crippen LogP contribution in [0.5, 0.6) is 0 Å². The van der Waals surface area contributed by atoms with Gasteiger partial charge in [-0.2, -0.15) is 4.31 Å². The first-order valence-corrected chi connectivity index (χ1v) is 10.8. The number of ether oxygens (including phenoxy) is 1. The normalized spacial score (nSPS) is 19.6. The zero-order chi connectivity index (χ0) is 18.4. The van der Waals surface area contributed by atoms with E-state index < -0.39 is 10.0 Å².